The molecule has 0 spiro atoms. The van der Waals surface area contributed by atoms with Crippen molar-refractivity contribution in [3.05, 3.63) is 82.7 Å². The summed E-state index contributed by atoms with van der Waals surface area (Å²) in [5, 5.41) is 4.24. The largest absolute Gasteiger partial charge is 0.371 e. The van der Waals surface area contributed by atoms with Gasteiger partial charge in [0.2, 0.25) is 5.91 Å². The highest BCUT2D eigenvalue weighted by atomic mass is 16.2. The molecule has 0 bridgehead atoms. The van der Waals surface area contributed by atoms with Crippen molar-refractivity contribution in [1.82, 2.24) is 19.6 Å². The number of fused-ring (bicyclic) bond motifs is 1. The Labute approximate surface area is 217 Å². The zero-order valence-corrected chi connectivity index (χ0v) is 21.7. The lowest BCUT2D eigenvalue weighted by atomic mass is 9.93. The second-order valence-corrected chi connectivity index (χ2v) is 9.87. The molecule has 0 radical (unpaired) electrons. The third-order valence-electron chi connectivity index (χ3n) is 7.74. The predicted octanol–water partition coefficient (Wildman–Crippen LogP) is 3.79. The van der Waals surface area contributed by atoms with E-state index in [1.165, 1.54) is 4.90 Å². The van der Waals surface area contributed by atoms with E-state index in [4.69, 9.17) is 0 Å². The monoisotopic (exact) mass is 499 g/mol. The number of piperidine rings is 1. The number of carbonyl (C=O) groups is 3. The molecule has 8 heteroatoms. The zero-order valence-electron chi connectivity index (χ0n) is 21.7. The topological polar surface area (TPSA) is 78.8 Å². The minimum Gasteiger partial charge on any atom is -0.371 e. The summed E-state index contributed by atoms with van der Waals surface area (Å²) in [4.78, 5) is 45.3. The molecule has 192 valence electrons. The van der Waals surface area contributed by atoms with Gasteiger partial charge < -0.3 is 9.80 Å². The van der Waals surface area contributed by atoms with Gasteiger partial charge in [0, 0.05) is 50.4 Å². The Kier molecular flexibility index (Phi) is 6.82. The van der Waals surface area contributed by atoms with Gasteiger partial charge in [-0.3, -0.25) is 24.0 Å². The molecule has 3 amide bonds. The predicted molar refractivity (Wildman–Crippen MR) is 141 cm³/mol. The average molecular weight is 500 g/mol. The molecule has 3 heterocycles. The van der Waals surface area contributed by atoms with Crippen LogP contribution in [0.25, 0.3) is 0 Å². The van der Waals surface area contributed by atoms with Gasteiger partial charge in [0.25, 0.3) is 11.8 Å². The molecular formula is C29H33N5O3. The summed E-state index contributed by atoms with van der Waals surface area (Å²) >= 11 is 0. The minimum absolute atomic E-state index is 0.0425. The lowest BCUT2D eigenvalue weighted by Crippen LogP contribution is -2.42. The number of aryl methyl sites for hydroxylation is 1. The van der Waals surface area contributed by atoms with Crippen LogP contribution in [-0.4, -0.2) is 56.9 Å². The zero-order chi connectivity index (χ0) is 26.1. The maximum Gasteiger partial charge on any atom is 0.263 e. The Bertz CT molecular complexity index is 1320. The second-order valence-electron chi connectivity index (χ2n) is 9.87. The van der Waals surface area contributed by atoms with E-state index in [9.17, 15) is 14.4 Å². The van der Waals surface area contributed by atoms with Crippen LogP contribution in [0.1, 0.15) is 57.3 Å². The molecule has 0 atom stereocenters. The molecule has 1 aromatic heterocycles. The highest BCUT2D eigenvalue weighted by Crippen LogP contribution is 2.35. The van der Waals surface area contributed by atoms with Crippen molar-refractivity contribution in [2.24, 2.45) is 13.0 Å². The summed E-state index contributed by atoms with van der Waals surface area (Å²) in [7, 11) is 1.84. The van der Waals surface area contributed by atoms with Crippen molar-refractivity contribution in [2.45, 2.75) is 39.8 Å². The van der Waals surface area contributed by atoms with Crippen LogP contribution in [0.3, 0.4) is 0 Å². The van der Waals surface area contributed by atoms with Gasteiger partial charge in [-0.15, -0.1) is 0 Å². The number of hydrogen-bond acceptors (Lipinski definition) is 5. The van der Waals surface area contributed by atoms with Crippen LogP contribution in [0.4, 0.5) is 5.69 Å². The van der Waals surface area contributed by atoms with Crippen LogP contribution in [0.2, 0.25) is 0 Å². The number of amides is 3. The normalized spacial score (nSPS) is 15.9. The molecule has 8 nitrogen and oxygen atoms in total. The second kappa shape index (κ2) is 10.2. The molecule has 0 unspecified atom stereocenters. The first kappa shape index (κ1) is 24.7. The van der Waals surface area contributed by atoms with Gasteiger partial charge in [-0.25, -0.2) is 0 Å². The van der Waals surface area contributed by atoms with E-state index in [2.05, 4.69) is 10.00 Å². The van der Waals surface area contributed by atoms with Crippen molar-refractivity contribution in [2.75, 3.05) is 24.5 Å². The Morgan fingerprint density at radius 2 is 1.76 bits per heavy atom. The summed E-state index contributed by atoms with van der Waals surface area (Å²) in [6.45, 7) is 6.77. The standard InChI is InChI=1S/C29H33N5O3/c1-4-32(18-21-9-6-5-7-10-21)27(35)22-13-15-33(16-14-22)25-12-8-11-24-26(25)29(37)34(28(24)36)19-23-17-30-31(3)20(23)2/h5-12,17,22H,4,13-16,18-19H2,1-3H3. The summed E-state index contributed by atoms with van der Waals surface area (Å²) in [6, 6.07) is 15.6. The first-order valence-corrected chi connectivity index (χ1v) is 12.9. The average Bonchev–Trinajstić information content (AvgIpc) is 3.38. The van der Waals surface area contributed by atoms with Crippen LogP contribution in [-0.2, 0) is 24.9 Å². The number of hydrogen-bond donors (Lipinski definition) is 0. The highest BCUT2D eigenvalue weighted by molar-refractivity contribution is 6.23. The van der Waals surface area contributed by atoms with E-state index in [0.717, 1.165) is 22.5 Å². The third kappa shape index (κ3) is 4.63. The molecule has 0 aliphatic carbocycles. The number of nitrogens with zero attached hydrogens (tertiary/aromatic N) is 5. The number of benzene rings is 2. The van der Waals surface area contributed by atoms with Crippen LogP contribution in [0, 0.1) is 12.8 Å². The Morgan fingerprint density at radius 1 is 1.03 bits per heavy atom. The fourth-order valence-corrected chi connectivity index (χ4v) is 5.37. The van der Waals surface area contributed by atoms with E-state index in [1.54, 1.807) is 16.9 Å². The molecule has 1 fully saturated rings. The number of anilines is 1. The van der Waals surface area contributed by atoms with Crippen molar-refractivity contribution in [3.63, 3.8) is 0 Å². The molecule has 5 rings (SSSR count). The van der Waals surface area contributed by atoms with Gasteiger partial charge in [-0.05, 0) is 44.4 Å². The Balaban J connectivity index is 1.28. The maximum atomic E-state index is 13.5. The number of carbonyl (C=O) groups excluding carboxylic acids is 3. The van der Waals surface area contributed by atoms with Gasteiger partial charge >= 0.3 is 0 Å². The molecule has 37 heavy (non-hydrogen) atoms. The molecule has 2 aromatic carbocycles. The molecule has 1 saturated heterocycles. The van der Waals surface area contributed by atoms with Gasteiger partial charge in [0.1, 0.15) is 0 Å². The van der Waals surface area contributed by atoms with Gasteiger partial charge in [0.15, 0.2) is 0 Å². The van der Waals surface area contributed by atoms with Gasteiger partial charge in [-0.2, -0.15) is 5.10 Å². The Hall–Kier alpha value is -3.94. The Morgan fingerprint density at radius 3 is 2.41 bits per heavy atom. The van der Waals surface area contributed by atoms with E-state index in [1.807, 2.05) is 68.3 Å². The lowest BCUT2D eigenvalue weighted by Gasteiger charge is -2.36. The number of aromatic nitrogens is 2. The number of imide groups is 1. The van der Waals surface area contributed by atoms with Crippen molar-refractivity contribution < 1.29 is 14.4 Å². The SMILES string of the molecule is CCN(Cc1ccccc1)C(=O)C1CCN(c2cccc3c2C(=O)N(Cc2cnn(C)c2C)C3=O)CC1. The van der Waals surface area contributed by atoms with Crippen LogP contribution < -0.4 is 4.90 Å². The first-order chi connectivity index (χ1) is 17.9. The molecular weight excluding hydrogens is 466 g/mol. The molecule has 0 saturated carbocycles. The summed E-state index contributed by atoms with van der Waals surface area (Å²) < 4.78 is 1.74. The summed E-state index contributed by atoms with van der Waals surface area (Å²) in [6.07, 6.45) is 3.14. The van der Waals surface area contributed by atoms with E-state index in [-0.39, 0.29) is 30.2 Å². The first-order valence-electron chi connectivity index (χ1n) is 12.9. The molecule has 2 aliphatic rings. The minimum atomic E-state index is -0.269. The van der Waals surface area contributed by atoms with Crippen LogP contribution in [0.5, 0.6) is 0 Å². The quantitative estimate of drug-likeness (QED) is 0.462. The van der Waals surface area contributed by atoms with Crippen LogP contribution >= 0.6 is 0 Å². The van der Waals surface area contributed by atoms with E-state index < -0.39 is 0 Å². The van der Waals surface area contributed by atoms with E-state index >= 15 is 0 Å². The van der Waals surface area contributed by atoms with Crippen molar-refractivity contribution in [1.29, 1.82) is 0 Å². The molecule has 0 N–H and O–H groups in total. The third-order valence-corrected chi connectivity index (χ3v) is 7.74. The summed E-state index contributed by atoms with van der Waals surface area (Å²) in [5.41, 5.74) is 4.61. The fraction of sp³-hybridized carbons (Fsp3) is 0.379. The number of rotatable bonds is 7. The smallest absolute Gasteiger partial charge is 0.263 e. The highest BCUT2D eigenvalue weighted by Gasteiger charge is 2.39. The summed E-state index contributed by atoms with van der Waals surface area (Å²) in [5.74, 6) is -0.389. The van der Waals surface area contributed by atoms with Crippen molar-refractivity contribution in [3.8, 4) is 0 Å². The maximum absolute atomic E-state index is 13.5. The van der Waals surface area contributed by atoms with E-state index in [0.29, 0.717) is 50.1 Å². The molecule has 3 aromatic rings. The van der Waals surface area contributed by atoms with Gasteiger partial charge in [0.05, 0.1) is 29.6 Å². The lowest BCUT2D eigenvalue weighted by molar-refractivity contribution is -0.136. The van der Waals surface area contributed by atoms with Gasteiger partial charge in [-0.1, -0.05) is 36.4 Å². The molecule has 2 aliphatic heterocycles. The fourth-order valence-electron chi connectivity index (χ4n) is 5.37. The van der Waals surface area contributed by atoms with Crippen molar-refractivity contribution >= 4 is 23.4 Å². The van der Waals surface area contributed by atoms with Crippen LogP contribution in [0.15, 0.2) is 54.7 Å².